The lowest BCUT2D eigenvalue weighted by Crippen LogP contribution is -2.45. The molecule has 0 aromatic heterocycles. The molecule has 2 heterocycles. The van der Waals surface area contributed by atoms with Gasteiger partial charge >= 0.3 is 0 Å². The number of fused-ring (bicyclic) bond motifs is 7. The highest BCUT2D eigenvalue weighted by Crippen LogP contribution is 2.54. The van der Waals surface area contributed by atoms with Gasteiger partial charge in [-0.1, -0.05) is 165 Å². The molecule has 0 saturated heterocycles. The fraction of sp³-hybridized carbons (Fsp3) is 0.0566. The molecule has 0 bridgehead atoms. The van der Waals surface area contributed by atoms with Gasteiger partial charge in [-0.25, -0.2) is 0 Å². The molecule has 3 heteroatoms. The van der Waals surface area contributed by atoms with Crippen LogP contribution in [0.1, 0.15) is 25.0 Å². The van der Waals surface area contributed by atoms with Crippen molar-refractivity contribution in [3.05, 3.63) is 199 Å². The highest BCUT2D eigenvalue weighted by Gasteiger charge is 2.42. The van der Waals surface area contributed by atoms with Gasteiger partial charge in [0.1, 0.15) is 0 Å². The Hall–Kier alpha value is -6.84. The highest BCUT2D eigenvalue weighted by atomic mass is 15.2. The Bertz CT molecular complexity index is 2940. The molecular formula is C53H39BN2. The van der Waals surface area contributed by atoms with Gasteiger partial charge in [-0.05, 0) is 103 Å². The van der Waals surface area contributed by atoms with E-state index in [0.717, 1.165) is 18.7 Å². The number of anilines is 5. The minimum atomic E-state index is -0.157. The molecule has 9 aromatic carbocycles. The Morgan fingerprint density at radius 2 is 1.09 bits per heavy atom. The van der Waals surface area contributed by atoms with E-state index in [2.05, 4.69) is 212 Å². The Labute approximate surface area is 329 Å². The summed E-state index contributed by atoms with van der Waals surface area (Å²) in [6, 6.07) is 69.1. The highest BCUT2D eigenvalue weighted by molar-refractivity contribution is 6.74. The quantitative estimate of drug-likeness (QED) is 0.179. The van der Waals surface area contributed by atoms with Gasteiger partial charge in [0.05, 0.1) is 5.69 Å². The average molecular weight is 715 g/mol. The first-order valence-electron chi connectivity index (χ1n) is 19.6. The third-order valence-electron chi connectivity index (χ3n) is 12.2. The first-order valence-corrected chi connectivity index (χ1v) is 19.6. The maximum Gasteiger partial charge on any atom is 0.198 e. The normalized spacial score (nSPS) is 13.4. The first kappa shape index (κ1) is 32.6. The van der Waals surface area contributed by atoms with Crippen LogP contribution in [0.4, 0.5) is 28.4 Å². The van der Waals surface area contributed by atoms with Crippen LogP contribution in [0.15, 0.2) is 188 Å². The molecule has 0 radical (unpaired) electrons. The number of rotatable bonds is 5. The molecule has 0 aliphatic carbocycles. The first-order chi connectivity index (χ1) is 27.5. The van der Waals surface area contributed by atoms with E-state index in [0.29, 0.717) is 0 Å². The van der Waals surface area contributed by atoms with Crippen molar-refractivity contribution >= 4 is 68.2 Å². The van der Waals surface area contributed by atoms with Crippen LogP contribution in [0.2, 0.25) is 0 Å². The number of benzene rings is 9. The van der Waals surface area contributed by atoms with Crippen LogP contribution in [-0.2, 0) is 5.41 Å². The molecule has 2 nitrogen and oxygen atoms in total. The topological polar surface area (TPSA) is 15.3 Å². The number of hydrogen-bond donors (Lipinski definition) is 1. The predicted molar refractivity (Wildman–Crippen MR) is 241 cm³/mol. The zero-order valence-electron chi connectivity index (χ0n) is 31.6. The van der Waals surface area contributed by atoms with Gasteiger partial charge in [0, 0.05) is 39.1 Å². The second-order valence-corrected chi connectivity index (χ2v) is 15.8. The van der Waals surface area contributed by atoms with Crippen molar-refractivity contribution in [2.24, 2.45) is 0 Å². The van der Waals surface area contributed by atoms with Gasteiger partial charge in [0.25, 0.3) is 0 Å². The number of nitrogens with one attached hydrogen (secondary N) is 1. The van der Waals surface area contributed by atoms with E-state index >= 15 is 0 Å². The molecule has 56 heavy (non-hydrogen) atoms. The lowest BCUT2D eigenvalue weighted by molar-refractivity contribution is 0.633. The van der Waals surface area contributed by atoms with Gasteiger partial charge < -0.3 is 10.2 Å². The van der Waals surface area contributed by atoms with E-state index in [4.69, 9.17) is 0 Å². The average Bonchev–Trinajstić information content (AvgIpc) is 3.25. The maximum absolute atomic E-state index is 3.94. The van der Waals surface area contributed by atoms with Crippen LogP contribution < -0.4 is 21.1 Å². The smallest absolute Gasteiger partial charge is 0.198 e. The molecule has 1 N–H and O–H groups in total. The van der Waals surface area contributed by atoms with Gasteiger partial charge in [-0.2, -0.15) is 0 Å². The van der Waals surface area contributed by atoms with Crippen molar-refractivity contribution in [1.82, 2.24) is 0 Å². The molecular weight excluding hydrogens is 675 g/mol. The zero-order valence-corrected chi connectivity index (χ0v) is 31.6. The van der Waals surface area contributed by atoms with E-state index in [1.807, 2.05) is 0 Å². The predicted octanol–water partition coefficient (Wildman–Crippen LogP) is 12.5. The second-order valence-electron chi connectivity index (χ2n) is 15.8. The van der Waals surface area contributed by atoms with Crippen molar-refractivity contribution in [3.63, 3.8) is 0 Å². The largest absolute Gasteiger partial charge is 0.355 e. The molecule has 264 valence electrons. The maximum atomic E-state index is 3.94. The molecule has 0 atom stereocenters. The lowest BCUT2D eigenvalue weighted by atomic mass is 9.55. The minimum absolute atomic E-state index is 0.157. The third kappa shape index (κ3) is 5.12. The van der Waals surface area contributed by atoms with Crippen LogP contribution in [-0.4, -0.2) is 7.28 Å². The van der Waals surface area contributed by atoms with Gasteiger partial charge in [0.15, 0.2) is 7.28 Å². The summed E-state index contributed by atoms with van der Waals surface area (Å²) in [6.45, 7) is 4.80. The summed E-state index contributed by atoms with van der Waals surface area (Å²) < 4.78 is 0. The van der Waals surface area contributed by atoms with E-state index < -0.39 is 0 Å². The fourth-order valence-electron chi connectivity index (χ4n) is 9.43. The molecule has 0 amide bonds. The van der Waals surface area contributed by atoms with Crippen LogP contribution in [0.3, 0.4) is 0 Å². The Kier molecular flexibility index (Phi) is 7.34. The summed E-state index contributed by atoms with van der Waals surface area (Å²) in [4.78, 5) is 2.62. The number of hydrogen-bond acceptors (Lipinski definition) is 2. The van der Waals surface area contributed by atoms with Crippen molar-refractivity contribution in [1.29, 1.82) is 0 Å². The summed E-state index contributed by atoms with van der Waals surface area (Å²) >= 11 is 0. The van der Waals surface area contributed by atoms with Crippen LogP contribution in [0, 0.1) is 0 Å². The summed E-state index contributed by atoms with van der Waals surface area (Å²) in [6.07, 6.45) is 0. The summed E-state index contributed by atoms with van der Waals surface area (Å²) in [7, 11) is 0.851. The monoisotopic (exact) mass is 714 g/mol. The van der Waals surface area contributed by atoms with Crippen molar-refractivity contribution in [2.75, 3.05) is 10.2 Å². The Balaban J connectivity index is 1.13. The summed E-state index contributed by atoms with van der Waals surface area (Å²) in [5.41, 5.74) is 18.5. The van der Waals surface area contributed by atoms with Crippen LogP contribution in [0.25, 0.3) is 54.9 Å². The van der Waals surface area contributed by atoms with E-state index in [1.54, 1.807) is 0 Å². The molecule has 2 aliphatic heterocycles. The van der Waals surface area contributed by atoms with E-state index in [9.17, 15) is 0 Å². The van der Waals surface area contributed by atoms with Gasteiger partial charge in [-0.15, -0.1) is 0 Å². The molecule has 0 saturated carbocycles. The van der Waals surface area contributed by atoms with E-state index in [1.165, 1.54) is 94.0 Å². The van der Waals surface area contributed by atoms with E-state index in [-0.39, 0.29) is 5.41 Å². The SMILES string of the molecule is CC1(C)c2cc3ccccc3cc2N2c3c(cccc31)Bc1c(-c3ccccc3Nc3cc(-c4ccccc4)cc(-c4ccccc4)c3)cc3ccccc3c12. The molecule has 9 aromatic rings. The lowest BCUT2D eigenvalue weighted by Gasteiger charge is -2.46. The Morgan fingerprint density at radius 1 is 0.464 bits per heavy atom. The summed E-state index contributed by atoms with van der Waals surface area (Å²) in [5.74, 6) is 0. The van der Waals surface area contributed by atoms with Gasteiger partial charge in [-0.3, -0.25) is 0 Å². The standard InChI is InChI=1S/C53H39BN2/c1-53(2)45-25-15-26-47-52(45)56(49-33-37-21-10-9-20-36(37)32-46(49)53)51-42-23-12-11-22-38(42)31-44(50(51)54-47)43-24-13-14-27-48(43)55-41-29-39(34-16-5-3-6-17-34)28-40(30-41)35-18-7-4-8-19-35/h3-33,54-55H,1-2H3. The van der Waals surface area contributed by atoms with Crippen molar-refractivity contribution in [2.45, 2.75) is 19.3 Å². The molecule has 0 fully saturated rings. The van der Waals surface area contributed by atoms with Crippen molar-refractivity contribution in [3.8, 4) is 33.4 Å². The van der Waals surface area contributed by atoms with Crippen LogP contribution in [0.5, 0.6) is 0 Å². The summed E-state index contributed by atoms with van der Waals surface area (Å²) in [5, 5.41) is 9.00. The van der Waals surface area contributed by atoms with Crippen molar-refractivity contribution < 1.29 is 0 Å². The molecule has 0 spiro atoms. The fourth-order valence-corrected chi connectivity index (χ4v) is 9.43. The minimum Gasteiger partial charge on any atom is -0.355 e. The number of para-hydroxylation sites is 2. The molecule has 11 rings (SSSR count). The molecule has 2 aliphatic rings. The Morgan fingerprint density at radius 3 is 1.82 bits per heavy atom. The zero-order chi connectivity index (χ0) is 37.4. The van der Waals surface area contributed by atoms with Crippen LogP contribution >= 0.6 is 0 Å². The number of nitrogens with zero attached hydrogens (tertiary/aromatic N) is 1. The molecule has 0 unspecified atom stereocenters. The third-order valence-corrected chi connectivity index (χ3v) is 12.2. The second kappa shape index (κ2) is 12.6. The van der Waals surface area contributed by atoms with Gasteiger partial charge in [0.2, 0.25) is 0 Å².